The summed E-state index contributed by atoms with van der Waals surface area (Å²) in [5.41, 5.74) is 1.10. The van der Waals surface area contributed by atoms with Gasteiger partial charge in [0.2, 0.25) is 0 Å². The van der Waals surface area contributed by atoms with Crippen molar-refractivity contribution in [3.8, 4) is 5.75 Å². The van der Waals surface area contributed by atoms with Crippen LogP contribution in [-0.2, 0) is 9.47 Å². The van der Waals surface area contributed by atoms with Gasteiger partial charge in [0.15, 0.2) is 6.29 Å². The van der Waals surface area contributed by atoms with Gasteiger partial charge >= 0.3 is 0 Å². The molecule has 0 saturated carbocycles. The van der Waals surface area contributed by atoms with Crippen LogP contribution in [0.2, 0.25) is 0 Å². The molecule has 1 rings (SSSR count). The fourth-order valence-electron chi connectivity index (χ4n) is 2.09. The predicted octanol–water partition coefficient (Wildman–Crippen LogP) is 3.13. The van der Waals surface area contributed by atoms with Crippen molar-refractivity contribution in [2.45, 2.75) is 45.6 Å². The van der Waals surface area contributed by atoms with Crippen molar-refractivity contribution >= 4 is 0 Å². The zero-order valence-corrected chi connectivity index (χ0v) is 13.2. The van der Waals surface area contributed by atoms with Crippen LogP contribution < -0.4 is 10.1 Å². The van der Waals surface area contributed by atoms with Crippen LogP contribution in [0, 0.1) is 0 Å². The van der Waals surface area contributed by atoms with E-state index < -0.39 is 0 Å². The molecule has 0 amide bonds. The van der Waals surface area contributed by atoms with Gasteiger partial charge in [-0.25, -0.2) is 0 Å². The first-order valence-electron chi connectivity index (χ1n) is 7.18. The molecule has 1 aromatic rings. The molecule has 0 aliphatic carbocycles. The van der Waals surface area contributed by atoms with E-state index in [1.807, 2.05) is 32.0 Å². The lowest BCUT2D eigenvalue weighted by atomic mass is 10.1. The van der Waals surface area contributed by atoms with Crippen molar-refractivity contribution in [1.29, 1.82) is 0 Å². The minimum Gasteiger partial charge on any atom is -0.491 e. The van der Waals surface area contributed by atoms with E-state index in [1.54, 1.807) is 14.2 Å². The van der Waals surface area contributed by atoms with E-state index in [4.69, 9.17) is 14.2 Å². The van der Waals surface area contributed by atoms with E-state index in [2.05, 4.69) is 18.3 Å². The Morgan fingerprint density at radius 2 is 1.85 bits per heavy atom. The third kappa shape index (κ3) is 5.12. The Morgan fingerprint density at radius 3 is 2.40 bits per heavy atom. The summed E-state index contributed by atoms with van der Waals surface area (Å²) in [6.45, 7) is 7.08. The largest absolute Gasteiger partial charge is 0.491 e. The molecular weight excluding hydrogens is 254 g/mol. The molecule has 0 aromatic heterocycles. The van der Waals surface area contributed by atoms with Crippen molar-refractivity contribution in [3.63, 3.8) is 0 Å². The van der Waals surface area contributed by atoms with Gasteiger partial charge in [-0.3, -0.25) is 0 Å². The van der Waals surface area contributed by atoms with Crippen molar-refractivity contribution in [2.24, 2.45) is 0 Å². The monoisotopic (exact) mass is 281 g/mol. The summed E-state index contributed by atoms with van der Waals surface area (Å²) in [6, 6.07) is 8.05. The van der Waals surface area contributed by atoms with Gasteiger partial charge in [0.1, 0.15) is 5.75 Å². The number of ether oxygens (including phenoxy) is 3. The minimum atomic E-state index is -0.323. The molecule has 0 aliphatic heterocycles. The van der Waals surface area contributed by atoms with Crippen molar-refractivity contribution in [2.75, 3.05) is 20.8 Å². The number of nitrogens with one attached hydrogen (secondary N) is 1. The van der Waals surface area contributed by atoms with Gasteiger partial charge in [-0.15, -0.1) is 0 Å². The second kappa shape index (κ2) is 8.95. The Labute approximate surface area is 122 Å². The molecule has 20 heavy (non-hydrogen) atoms. The summed E-state index contributed by atoms with van der Waals surface area (Å²) in [7, 11) is 3.31. The fourth-order valence-corrected chi connectivity index (χ4v) is 2.09. The molecule has 0 aliphatic rings. The van der Waals surface area contributed by atoms with Crippen LogP contribution >= 0.6 is 0 Å². The van der Waals surface area contributed by atoms with Crippen LogP contribution in [0.25, 0.3) is 0 Å². The van der Waals surface area contributed by atoms with E-state index in [0.29, 0.717) is 0 Å². The van der Waals surface area contributed by atoms with Crippen molar-refractivity contribution < 1.29 is 14.2 Å². The lowest BCUT2D eigenvalue weighted by molar-refractivity contribution is -0.124. The van der Waals surface area contributed by atoms with E-state index in [1.165, 1.54) is 0 Å². The molecule has 0 saturated heterocycles. The maximum Gasteiger partial charge on any atom is 0.176 e. The van der Waals surface area contributed by atoms with E-state index >= 15 is 0 Å². The maximum absolute atomic E-state index is 5.75. The molecule has 1 atom stereocenters. The first-order chi connectivity index (χ1) is 9.62. The van der Waals surface area contributed by atoms with Crippen molar-refractivity contribution in [1.82, 2.24) is 5.32 Å². The predicted molar refractivity (Wildman–Crippen MR) is 81.0 cm³/mol. The van der Waals surface area contributed by atoms with E-state index in [0.717, 1.165) is 24.3 Å². The van der Waals surface area contributed by atoms with Gasteiger partial charge in [0.05, 0.1) is 12.1 Å². The lowest BCUT2D eigenvalue weighted by Gasteiger charge is -2.26. The van der Waals surface area contributed by atoms with Gasteiger partial charge in [0, 0.05) is 14.2 Å². The standard InChI is InChI=1S/C16H27NO3/c1-6-10-17-15(16(18-4)19-5)13-8-7-9-14(11-13)20-12(2)3/h7-9,11-12,15-17H,6,10H2,1-5H3. The van der Waals surface area contributed by atoms with Crippen LogP contribution in [0.4, 0.5) is 0 Å². The van der Waals surface area contributed by atoms with Gasteiger partial charge < -0.3 is 19.5 Å². The Hall–Kier alpha value is -1.10. The highest BCUT2D eigenvalue weighted by Gasteiger charge is 2.22. The Balaban J connectivity index is 2.93. The van der Waals surface area contributed by atoms with Gasteiger partial charge in [0.25, 0.3) is 0 Å². The summed E-state index contributed by atoms with van der Waals surface area (Å²) in [5.74, 6) is 0.867. The highest BCUT2D eigenvalue weighted by molar-refractivity contribution is 5.31. The second-order valence-corrected chi connectivity index (χ2v) is 5.01. The lowest BCUT2D eigenvalue weighted by Crippen LogP contribution is -2.35. The quantitative estimate of drug-likeness (QED) is 0.706. The number of hydrogen-bond acceptors (Lipinski definition) is 4. The number of rotatable bonds is 9. The van der Waals surface area contributed by atoms with Crippen LogP contribution in [0.1, 0.15) is 38.8 Å². The molecule has 0 radical (unpaired) electrons. The van der Waals surface area contributed by atoms with E-state index in [-0.39, 0.29) is 18.4 Å². The van der Waals surface area contributed by atoms with Gasteiger partial charge in [-0.1, -0.05) is 19.1 Å². The zero-order chi connectivity index (χ0) is 15.0. The molecule has 0 fully saturated rings. The zero-order valence-electron chi connectivity index (χ0n) is 13.2. The first kappa shape index (κ1) is 17.0. The highest BCUT2D eigenvalue weighted by Crippen LogP contribution is 2.24. The summed E-state index contributed by atoms with van der Waals surface area (Å²) in [6.07, 6.45) is 0.891. The Morgan fingerprint density at radius 1 is 1.15 bits per heavy atom. The summed E-state index contributed by atoms with van der Waals surface area (Å²) >= 11 is 0. The van der Waals surface area contributed by atoms with E-state index in [9.17, 15) is 0 Å². The smallest absolute Gasteiger partial charge is 0.176 e. The highest BCUT2D eigenvalue weighted by atomic mass is 16.7. The normalized spacial score (nSPS) is 12.9. The van der Waals surface area contributed by atoms with Crippen LogP contribution in [0.5, 0.6) is 5.75 Å². The third-order valence-electron chi connectivity index (χ3n) is 2.94. The summed E-state index contributed by atoms with van der Waals surface area (Å²) < 4.78 is 16.6. The molecule has 4 nitrogen and oxygen atoms in total. The van der Waals surface area contributed by atoms with Crippen LogP contribution in [0.15, 0.2) is 24.3 Å². The Bertz CT molecular complexity index is 378. The van der Waals surface area contributed by atoms with Crippen LogP contribution in [0.3, 0.4) is 0 Å². The molecule has 0 bridgehead atoms. The number of methoxy groups -OCH3 is 2. The second-order valence-electron chi connectivity index (χ2n) is 5.01. The summed E-state index contributed by atoms with van der Waals surface area (Å²) in [5, 5.41) is 3.46. The average Bonchev–Trinajstić information content (AvgIpc) is 2.43. The van der Waals surface area contributed by atoms with Gasteiger partial charge in [-0.2, -0.15) is 0 Å². The Kier molecular flexibility index (Phi) is 7.59. The molecular formula is C16H27NO3. The number of hydrogen-bond donors (Lipinski definition) is 1. The molecule has 1 N–H and O–H groups in total. The molecule has 0 spiro atoms. The summed E-state index contributed by atoms with van der Waals surface area (Å²) in [4.78, 5) is 0. The first-order valence-corrected chi connectivity index (χ1v) is 7.18. The SMILES string of the molecule is CCCNC(c1cccc(OC(C)C)c1)C(OC)OC. The molecule has 1 unspecified atom stereocenters. The molecule has 4 heteroatoms. The van der Waals surface area contributed by atoms with Gasteiger partial charge in [-0.05, 0) is 44.5 Å². The van der Waals surface area contributed by atoms with Crippen molar-refractivity contribution in [3.05, 3.63) is 29.8 Å². The topological polar surface area (TPSA) is 39.7 Å². The molecule has 1 aromatic carbocycles. The minimum absolute atomic E-state index is 0.0133. The maximum atomic E-state index is 5.75. The molecule has 0 heterocycles. The third-order valence-corrected chi connectivity index (χ3v) is 2.94. The average molecular weight is 281 g/mol. The molecule has 114 valence electrons. The van der Waals surface area contributed by atoms with Crippen LogP contribution in [-0.4, -0.2) is 33.2 Å². The fraction of sp³-hybridized carbons (Fsp3) is 0.625. The number of benzene rings is 1.